The Morgan fingerprint density at radius 2 is 1.78 bits per heavy atom. The van der Waals surface area contributed by atoms with Gasteiger partial charge in [-0.25, -0.2) is 0 Å². The van der Waals surface area contributed by atoms with E-state index in [1.165, 1.54) is 25.7 Å². The molecule has 0 spiro atoms. The second-order valence-corrected chi connectivity index (χ2v) is 6.11. The first-order chi connectivity index (χ1) is 8.78. The molecule has 0 bridgehead atoms. The van der Waals surface area contributed by atoms with Crippen molar-refractivity contribution in [3.05, 3.63) is 0 Å². The minimum absolute atomic E-state index is 0.101. The van der Waals surface area contributed by atoms with Crippen LogP contribution in [0.2, 0.25) is 0 Å². The Kier molecular flexibility index (Phi) is 3.57. The van der Waals surface area contributed by atoms with Gasteiger partial charge in [-0.2, -0.15) is 0 Å². The monoisotopic (exact) mass is 252 g/mol. The van der Waals surface area contributed by atoms with E-state index in [1.807, 2.05) is 0 Å². The summed E-state index contributed by atoms with van der Waals surface area (Å²) in [6, 6.07) is 0. The molecule has 18 heavy (non-hydrogen) atoms. The molecule has 4 nitrogen and oxygen atoms in total. The van der Waals surface area contributed by atoms with Gasteiger partial charge in [-0.1, -0.05) is 12.8 Å². The summed E-state index contributed by atoms with van der Waals surface area (Å²) in [5, 5.41) is 0. The molecule has 1 amide bonds. The summed E-state index contributed by atoms with van der Waals surface area (Å²) < 4.78 is 5.72. The van der Waals surface area contributed by atoms with Crippen molar-refractivity contribution >= 4 is 5.91 Å². The molecule has 2 N–H and O–H groups in total. The normalized spacial score (nSPS) is 39.9. The predicted molar refractivity (Wildman–Crippen MR) is 69.0 cm³/mol. The standard InChI is InChI=1S/C14H24N2O2/c15-7-12-5-6-13(18-12)14(17)16-8-10-3-1-2-4-11(10)9-16/h10-13H,1-9,15H2/t10?,11?,12-,13+/m1/s1. The van der Waals surface area contributed by atoms with Gasteiger partial charge >= 0.3 is 0 Å². The van der Waals surface area contributed by atoms with Crippen molar-refractivity contribution in [2.45, 2.75) is 50.7 Å². The molecule has 3 aliphatic rings. The Morgan fingerprint density at radius 1 is 1.11 bits per heavy atom. The molecule has 0 aromatic rings. The molecule has 102 valence electrons. The Hall–Kier alpha value is -0.610. The van der Waals surface area contributed by atoms with Gasteiger partial charge < -0.3 is 15.4 Å². The van der Waals surface area contributed by atoms with Gasteiger partial charge in [0.15, 0.2) is 0 Å². The molecule has 1 aliphatic carbocycles. The van der Waals surface area contributed by atoms with E-state index in [2.05, 4.69) is 4.90 Å². The van der Waals surface area contributed by atoms with Crippen molar-refractivity contribution in [2.24, 2.45) is 17.6 Å². The molecular weight excluding hydrogens is 228 g/mol. The SMILES string of the molecule is NC[C@H]1CC[C@@H](C(=O)N2CC3CCCCC3C2)O1. The van der Waals surface area contributed by atoms with Crippen LogP contribution >= 0.6 is 0 Å². The Bertz CT molecular complexity index is 307. The number of nitrogens with two attached hydrogens (primary N) is 1. The van der Waals surface area contributed by atoms with Crippen LogP contribution in [0, 0.1) is 11.8 Å². The van der Waals surface area contributed by atoms with Gasteiger partial charge in [-0.05, 0) is 37.5 Å². The van der Waals surface area contributed by atoms with Gasteiger partial charge in [0.1, 0.15) is 6.10 Å². The Balaban J connectivity index is 1.57. The minimum Gasteiger partial charge on any atom is -0.364 e. The highest BCUT2D eigenvalue weighted by Gasteiger charge is 2.40. The number of hydrogen-bond acceptors (Lipinski definition) is 3. The molecular formula is C14H24N2O2. The first-order valence-electron chi connectivity index (χ1n) is 7.42. The van der Waals surface area contributed by atoms with E-state index in [0.29, 0.717) is 6.54 Å². The number of fused-ring (bicyclic) bond motifs is 1. The van der Waals surface area contributed by atoms with Crippen molar-refractivity contribution in [1.29, 1.82) is 0 Å². The molecule has 2 aliphatic heterocycles. The summed E-state index contributed by atoms with van der Waals surface area (Å²) >= 11 is 0. The highest BCUT2D eigenvalue weighted by molar-refractivity contribution is 5.81. The molecule has 2 saturated heterocycles. The van der Waals surface area contributed by atoms with Crippen LogP contribution in [-0.4, -0.2) is 42.6 Å². The Labute approximate surface area is 109 Å². The van der Waals surface area contributed by atoms with Gasteiger partial charge in [0.25, 0.3) is 5.91 Å². The summed E-state index contributed by atoms with van der Waals surface area (Å²) in [6.07, 6.45) is 7.00. The van der Waals surface area contributed by atoms with Crippen molar-refractivity contribution in [3.63, 3.8) is 0 Å². The molecule has 3 fully saturated rings. The van der Waals surface area contributed by atoms with Gasteiger partial charge in [-0.3, -0.25) is 4.79 Å². The van der Waals surface area contributed by atoms with Crippen molar-refractivity contribution < 1.29 is 9.53 Å². The fourth-order valence-electron chi connectivity index (χ4n) is 3.85. The first kappa shape index (κ1) is 12.4. The maximum atomic E-state index is 12.4. The minimum atomic E-state index is -0.210. The van der Waals surface area contributed by atoms with Gasteiger partial charge in [0.05, 0.1) is 6.10 Å². The number of amides is 1. The summed E-state index contributed by atoms with van der Waals surface area (Å²) in [5.74, 6) is 1.74. The van der Waals surface area contributed by atoms with Gasteiger partial charge in [-0.15, -0.1) is 0 Å². The number of carbonyl (C=O) groups excluding carboxylic acids is 1. The maximum absolute atomic E-state index is 12.4. The third kappa shape index (κ3) is 2.28. The lowest BCUT2D eigenvalue weighted by Crippen LogP contribution is -2.38. The summed E-state index contributed by atoms with van der Waals surface area (Å²) in [5.41, 5.74) is 5.60. The van der Waals surface area contributed by atoms with Crippen molar-refractivity contribution in [1.82, 2.24) is 4.90 Å². The van der Waals surface area contributed by atoms with Crippen LogP contribution in [-0.2, 0) is 9.53 Å². The predicted octanol–water partition coefficient (Wildman–Crippen LogP) is 1.14. The number of carbonyl (C=O) groups is 1. The molecule has 0 aromatic carbocycles. The zero-order valence-electron chi connectivity index (χ0n) is 11.0. The van der Waals surface area contributed by atoms with Crippen molar-refractivity contribution in [3.8, 4) is 0 Å². The van der Waals surface area contributed by atoms with E-state index in [0.717, 1.165) is 37.8 Å². The molecule has 2 heterocycles. The van der Waals surface area contributed by atoms with Crippen LogP contribution in [0.15, 0.2) is 0 Å². The molecule has 3 rings (SSSR count). The fraction of sp³-hybridized carbons (Fsp3) is 0.929. The van der Waals surface area contributed by atoms with E-state index in [4.69, 9.17) is 10.5 Å². The average Bonchev–Trinajstić information content (AvgIpc) is 3.04. The van der Waals surface area contributed by atoms with Crippen LogP contribution in [0.4, 0.5) is 0 Å². The summed E-state index contributed by atoms with van der Waals surface area (Å²) in [6.45, 7) is 2.47. The van der Waals surface area contributed by atoms with E-state index in [-0.39, 0.29) is 18.1 Å². The molecule has 4 atom stereocenters. The Morgan fingerprint density at radius 3 is 2.33 bits per heavy atom. The number of ether oxygens (including phenoxy) is 1. The average molecular weight is 252 g/mol. The lowest BCUT2D eigenvalue weighted by molar-refractivity contribution is -0.141. The van der Waals surface area contributed by atoms with E-state index in [1.54, 1.807) is 0 Å². The molecule has 4 heteroatoms. The zero-order valence-corrected chi connectivity index (χ0v) is 11.0. The zero-order chi connectivity index (χ0) is 12.5. The van der Waals surface area contributed by atoms with E-state index < -0.39 is 0 Å². The first-order valence-corrected chi connectivity index (χ1v) is 7.42. The van der Waals surface area contributed by atoms with E-state index >= 15 is 0 Å². The molecule has 0 radical (unpaired) electrons. The third-order valence-electron chi connectivity index (χ3n) is 4.93. The quantitative estimate of drug-likeness (QED) is 0.802. The largest absolute Gasteiger partial charge is 0.364 e. The highest BCUT2D eigenvalue weighted by atomic mass is 16.5. The van der Waals surface area contributed by atoms with Gasteiger partial charge in [0.2, 0.25) is 0 Å². The lowest BCUT2D eigenvalue weighted by Gasteiger charge is -2.22. The number of likely N-dealkylation sites (tertiary alicyclic amines) is 1. The van der Waals surface area contributed by atoms with Crippen molar-refractivity contribution in [2.75, 3.05) is 19.6 Å². The number of rotatable bonds is 2. The number of nitrogens with zero attached hydrogens (tertiary/aromatic N) is 1. The molecule has 2 unspecified atom stereocenters. The summed E-state index contributed by atoms with van der Waals surface area (Å²) in [4.78, 5) is 14.5. The molecule has 1 saturated carbocycles. The third-order valence-corrected chi connectivity index (χ3v) is 4.93. The topological polar surface area (TPSA) is 55.6 Å². The number of hydrogen-bond donors (Lipinski definition) is 1. The highest BCUT2D eigenvalue weighted by Crippen LogP contribution is 2.36. The van der Waals surface area contributed by atoms with Crippen LogP contribution in [0.25, 0.3) is 0 Å². The smallest absolute Gasteiger partial charge is 0.251 e. The fourth-order valence-corrected chi connectivity index (χ4v) is 3.85. The van der Waals surface area contributed by atoms with Crippen LogP contribution in [0.5, 0.6) is 0 Å². The van der Waals surface area contributed by atoms with Crippen LogP contribution < -0.4 is 5.73 Å². The molecule has 0 aromatic heterocycles. The summed E-state index contributed by atoms with van der Waals surface area (Å²) in [7, 11) is 0. The maximum Gasteiger partial charge on any atom is 0.251 e. The van der Waals surface area contributed by atoms with Crippen LogP contribution in [0.1, 0.15) is 38.5 Å². The van der Waals surface area contributed by atoms with Gasteiger partial charge in [0, 0.05) is 19.6 Å². The second kappa shape index (κ2) is 5.17. The second-order valence-electron chi connectivity index (χ2n) is 6.11. The van der Waals surface area contributed by atoms with Crippen LogP contribution in [0.3, 0.4) is 0 Å². The lowest BCUT2D eigenvalue weighted by atomic mass is 9.82. The van der Waals surface area contributed by atoms with E-state index in [9.17, 15) is 4.79 Å².